The standard InChI is InChI=1S/C21H24N4O3S/c26-19(24-10-7-21(8-11-24)27-12-13-28-21)6-5-18-23-17-4-1-9-22-20(17)25(18)15-16-3-2-14-29-16/h1-4,9,14H,5-8,10-13,15H2. The topological polar surface area (TPSA) is 69.5 Å². The Labute approximate surface area is 173 Å². The Morgan fingerprint density at radius 1 is 1.17 bits per heavy atom. The molecule has 29 heavy (non-hydrogen) atoms. The van der Waals surface area contributed by atoms with Crippen molar-refractivity contribution in [3.63, 3.8) is 0 Å². The van der Waals surface area contributed by atoms with Gasteiger partial charge in [-0.3, -0.25) is 4.79 Å². The molecule has 7 nitrogen and oxygen atoms in total. The molecule has 0 aromatic carbocycles. The lowest BCUT2D eigenvalue weighted by molar-refractivity contribution is -0.187. The van der Waals surface area contributed by atoms with E-state index in [4.69, 9.17) is 14.5 Å². The van der Waals surface area contributed by atoms with Crippen LogP contribution in [0.4, 0.5) is 0 Å². The minimum absolute atomic E-state index is 0.167. The molecule has 0 radical (unpaired) electrons. The van der Waals surface area contributed by atoms with Crippen LogP contribution in [0.15, 0.2) is 35.8 Å². The first-order valence-corrected chi connectivity index (χ1v) is 11.0. The van der Waals surface area contributed by atoms with Gasteiger partial charge in [-0.25, -0.2) is 9.97 Å². The maximum Gasteiger partial charge on any atom is 0.223 e. The maximum absolute atomic E-state index is 12.8. The summed E-state index contributed by atoms with van der Waals surface area (Å²) in [6, 6.07) is 8.04. The summed E-state index contributed by atoms with van der Waals surface area (Å²) in [6.45, 7) is 3.42. The number of fused-ring (bicyclic) bond motifs is 1. The van der Waals surface area contributed by atoms with Crippen molar-refractivity contribution >= 4 is 28.4 Å². The van der Waals surface area contributed by atoms with E-state index in [9.17, 15) is 4.79 Å². The third-order valence-electron chi connectivity index (χ3n) is 5.73. The molecule has 0 bridgehead atoms. The Hall–Kier alpha value is -2.29. The number of amides is 1. The van der Waals surface area contributed by atoms with Gasteiger partial charge in [-0.15, -0.1) is 11.3 Å². The molecule has 1 spiro atoms. The van der Waals surface area contributed by atoms with Crippen molar-refractivity contribution in [3.8, 4) is 0 Å². The Bertz CT molecular complexity index is 985. The smallest absolute Gasteiger partial charge is 0.223 e. The van der Waals surface area contributed by atoms with Gasteiger partial charge in [-0.1, -0.05) is 6.07 Å². The molecule has 152 valence electrons. The molecule has 3 aromatic rings. The zero-order valence-corrected chi connectivity index (χ0v) is 17.1. The summed E-state index contributed by atoms with van der Waals surface area (Å²) in [7, 11) is 0. The highest BCUT2D eigenvalue weighted by atomic mass is 32.1. The lowest BCUT2D eigenvalue weighted by Crippen LogP contribution is -2.47. The van der Waals surface area contributed by atoms with Gasteiger partial charge in [0.1, 0.15) is 11.3 Å². The summed E-state index contributed by atoms with van der Waals surface area (Å²) >= 11 is 1.72. The molecule has 5 heterocycles. The molecule has 2 aliphatic heterocycles. The highest BCUT2D eigenvalue weighted by molar-refractivity contribution is 7.09. The molecule has 1 amide bonds. The molecule has 0 aliphatic carbocycles. The van der Waals surface area contributed by atoms with E-state index in [-0.39, 0.29) is 5.91 Å². The number of carbonyl (C=O) groups excluding carboxylic acids is 1. The molecule has 3 aromatic heterocycles. The van der Waals surface area contributed by atoms with Gasteiger partial charge >= 0.3 is 0 Å². The Balaban J connectivity index is 1.27. The van der Waals surface area contributed by atoms with Crippen LogP contribution >= 0.6 is 11.3 Å². The minimum Gasteiger partial charge on any atom is -0.347 e. The molecule has 0 unspecified atom stereocenters. The molecule has 0 atom stereocenters. The van der Waals surface area contributed by atoms with Crippen LogP contribution in [-0.2, 0) is 27.2 Å². The Morgan fingerprint density at radius 3 is 2.76 bits per heavy atom. The monoisotopic (exact) mass is 412 g/mol. The molecule has 8 heteroatoms. The van der Waals surface area contributed by atoms with Crippen molar-refractivity contribution in [1.29, 1.82) is 0 Å². The van der Waals surface area contributed by atoms with Crippen molar-refractivity contribution in [1.82, 2.24) is 19.4 Å². The predicted octanol–water partition coefficient (Wildman–Crippen LogP) is 2.84. The van der Waals surface area contributed by atoms with E-state index in [0.29, 0.717) is 39.1 Å². The summed E-state index contributed by atoms with van der Waals surface area (Å²) in [5.74, 6) is 0.633. The Kier molecular flexibility index (Phi) is 5.07. The van der Waals surface area contributed by atoms with Crippen LogP contribution in [0.1, 0.15) is 30.0 Å². The van der Waals surface area contributed by atoms with Crippen molar-refractivity contribution in [3.05, 3.63) is 46.5 Å². The van der Waals surface area contributed by atoms with E-state index >= 15 is 0 Å². The number of thiophene rings is 1. The van der Waals surface area contributed by atoms with Gasteiger partial charge < -0.3 is 18.9 Å². The number of pyridine rings is 1. The SMILES string of the molecule is O=C(CCc1nc2cccnc2n1Cc1cccs1)N1CCC2(CC1)OCCO2. The molecule has 2 fully saturated rings. The van der Waals surface area contributed by atoms with Gasteiger partial charge in [-0.2, -0.15) is 0 Å². The molecule has 0 N–H and O–H groups in total. The largest absolute Gasteiger partial charge is 0.347 e. The quantitative estimate of drug-likeness (QED) is 0.645. The molecule has 2 saturated heterocycles. The van der Waals surface area contributed by atoms with E-state index < -0.39 is 5.79 Å². The Morgan fingerprint density at radius 2 is 2.00 bits per heavy atom. The summed E-state index contributed by atoms with van der Waals surface area (Å²) in [5, 5.41) is 2.08. The fourth-order valence-corrected chi connectivity index (χ4v) is 4.87. The van der Waals surface area contributed by atoms with Crippen LogP contribution < -0.4 is 0 Å². The summed E-state index contributed by atoms with van der Waals surface area (Å²) in [5.41, 5.74) is 1.75. The van der Waals surface area contributed by atoms with E-state index in [0.717, 1.165) is 36.4 Å². The number of aromatic nitrogens is 3. The first-order chi connectivity index (χ1) is 14.2. The number of rotatable bonds is 5. The number of nitrogens with zero attached hydrogens (tertiary/aromatic N) is 4. The number of aryl methyl sites for hydroxylation is 1. The average Bonchev–Trinajstić information content (AvgIpc) is 3.49. The van der Waals surface area contributed by atoms with E-state index in [1.165, 1.54) is 4.88 Å². The minimum atomic E-state index is -0.447. The lowest BCUT2D eigenvalue weighted by Gasteiger charge is -2.37. The third-order valence-corrected chi connectivity index (χ3v) is 6.59. The zero-order chi connectivity index (χ0) is 19.7. The van der Waals surface area contributed by atoms with Gasteiger partial charge in [0, 0.05) is 49.8 Å². The first-order valence-electron chi connectivity index (χ1n) is 10.1. The first kappa shape index (κ1) is 18.7. The van der Waals surface area contributed by atoms with Crippen LogP contribution in [-0.4, -0.2) is 57.4 Å². The molecule has 5 rings (SSSR count). The van der Waals surface area contributed by atoms with E-state index in [1.54, 1.807) is 17.5 Å². The maximum atomic E-state index is 12.8. The van der Waals surface area contributed by atoms with Crippen LogP contribution in [0.3, 0.4) is 0 Å². The van der Waals surface area contributed by atoms with Crippen LogP contribution in [0.5, 0.6) is 0 Å². The normalized spacial score (nSPS) is 18.7. The van der Waals surface area contributed by atoms with Gasteiger partial charge in [0.05, 0.1) is 19.8 Å². The number of likely N-dealkylation sites (tertiary alicyclic amines) is 1. The molecule has 0 saturated carbocycles. The van der Waals surface area contributed by atoms with E-state index in [2.05, 4.69) is 27.1 Å². The van der Waals surface area contributed by atoms with Gasteiger partial charge in [0.2, 0.25) is 5.91 Å². The summed E-state index contributed by atoms with van der Waals surface area (Å²) < 4.78 is 13.7. The number of piperidine rings is 1. The van der Waals surface area contributed by atoms with Gasteiger partial charge in [0.15, 0.2) is 11.4 Å². The zero-order valence-electron chi connectivity index (χ0n) is 16.2. The molecule has 2 aliphatic rings. The second-order valence-corrected chi connectivity index (χ2v) is 8.56. The second-order valence-electron chi connectivity index (χ2n) is 7.53. The second kappa shape index (κ2) is 7.85. The van der Waals surface area contributed by atoms with Gasteiger partial charge in [-0.05, 0) is 23.6 Å². The summed E-state index contributed by atoms with van der Waals surface area (Å²) in [6.07, 6.45) is 4.34. The summed E-state index contributed by atoms with van der Waals surface area (Å²) in [4.78, 5) is 25.3. The molecular weight excluding hydrogens is 388 g/mol. The van der Waals surface area contributed by atoms with E-state index in [1.807, 2.05) is 17.0 Å². The lowest BCUT2D eigenvalue weighted by atomic mass is 10.0. The predicted molar refractivity (Wildman–Crippen MR) is 110 cm³/mol. The number of hydrogen-bond donors (Lipinski definition) is 0. The van der Waals surface area contributed by atoms with Crippen LogP contribution in [0.25, 0.3) is 11.2 Å². The number of carbonyl (C=O) groups is 1. The van der Waals surface area contributed by atoms with Crippen molar-refractivity contribution in [2.45, 2.75) is 38.0 Å². The van der Waals surface area contributed by atoms with Gasteiger partial charge in [0.25, 0.3) is 0 Å². The highest BCUT2D eigenvalue weighted by Gasteiger charge is 2.40. The third kappa shape index (κ3) is 3.80. The number of imidazole rings is 1. The number of ether oxygens (including phenoxy) is 2. The number of hydrogen-bond acceptors (Lipinski definition) is 6. The fourth-order valence-electron chi connectivity index (χ4n) is 4.18. The average molecular weight is 413 g/mol. The highest BCUT2D eigenvalue weighted by Crippen LogP contribution is 2.31. The van der Waals surface area contributed by atoms with Crippen LogP contribution in [0.2, 0.25) is 0 Å². The van der Waals surface area contributed by atoms with Crippen molar-refractivity contribution in [2.75, 3.05) is 26.3 Å². The van der Waals surface area contributed by atoms with Crippen molar-refractivity contribution in [2.24, 2.45) is 0 Å². The van der Waals surface area contributed by atoms with Crippen molar-refractivity contribution < 1.29 is 14.3 Å². The van der Waals surface area contributed by atoms with Crippen LogP contribution in [0, 0.1) is 0 Å². The fraction of sp³-hybridized carbons (Fsp3) is 0.476. The molecular formula is C21H24N4O3S.